The number of Topliss-reactive ketones (excluding diaryl/α,β-unsaturated/α-hetero) is 1. The molecule has 3 aromatic rings. The molecule has 4 heteroatoms. The second kappa shape index (κ2) is 6.20. The summed E-state index contributed by atoms with van der Waals surface area (Å²) in [5.41, 5.74) is 3.18. The summed E-state index contributed by atoms with van der Waals surface area (Å²) in [6.07, 6.45) is 0.857. The van der Waals surface area contributed by atoms with Crippen molar-refractivity contribution >= 4 is 22.7 Å². The Labute approximate surface area is 145 Å². The van der Waals surface area contributed by atoms with Gasteiger partial charge in [0, 0.05) is 10.9 Å². The summed E-state index contributed by atoms with van der Waals surface area (Å²) in [6, 6.07) is 17.4. The zero-order chi connectivity index (χ0) is 17.4. The van der Waals surface area contributed by atoms with Gasteiger partial charge in [0.05, 0.1) is 17.2 Å². The van der Waals surface area contributed by atoms with Crippen molar-refractivity contribution in [3.8, 4) is 11.3 Å². The van der Waals surface area contributed by atoms with E-state index in [2.05, 4.69) is 4.98 Å². The maximum absolute atomic E-state index is 12.8. The van der Waals surface area contributed by atoms with Crippen LogP contribution in [-0.4, -0.2) is 23.3 Å². The first kappa shape index (κ1) is 15.6. The number of para-hydroxylation sites is 1. The summed E-state index contributed by atoms with van der Waals surface area (Å²) in [5, 5.41) is 0.849. The monoisotopic (exact) mass is 333 g/mol. The molecule has 1 aliphatic rings. The number of aromatic amines is 1. The molecule has 0 amide bonds. The second-order valence-electron chi connectivity index (χ2n) is 6.64. The zero-order valence-corrected chi connectivity index (χ0v) is 14.0. The molecule has 0 radical (unpaired) electrons. The summed E-state index contributed by atoms with van der Waals surface area (Å²) >= 11 is 0. The zero-order valence-electron chi connectivity index (χ0n) is 14.0. The molecule has 0 bridgehead atoms. The van der Waals surface area contributed by atoms with Gasteiger partial charge in [0.15, 0.2) is 6.61 Å². The van der Waals surface area contributed by atoms with Gasteiger partial charge in [-0.05, 0) is 24.0 Å². The molecule has 1 N–H and O–H groups in total. The molecule has 2 aromatic carbocycles. The van der Waals surface area contributed by atoms with Crippen LogP contribution >= 0.6 is 0 Å². The van der Waals surface area contributed by atoms with Crippen molar-refractivity contribution in [3.05, 3.63) is 60.2 Å². The average molecular weight is 333 g/mol. The van der Waals surface area contributed by atoms with Gasteiger partial charge in [0.2, 0.25) is 5.78 Å². The number of fused-ring (bicyclic) bond motifs is 1. The van der Waals surface area contributed by atoms with Gasteiger partial charge < -0.3 is 9.72 Å². The number of nitrogens with one attached hydrogen (secondary N) is 1. The van der Waals surface area contributed by atoms with Crippen molar-refractivity contribution in [2.75, 3.05) is 6.61 Å². The molecule has 0 unspecified atom stereocenters. The van der Waals surface area contributed by atoms with Crippen LogP contribution in [0.15, 0.2) is 54.6 Å². The number of carbonyl (C=O) groups excluding carboxylic acids is 2. The number of esters is 1. The Morgan fingerprint density at radius 1 is 1.08 bits per heavy atom. The van der Waals surface area contributed by atoms with Crippen molar-refractivity contribution in [1.29, 1.82) is 0 Å². The third-order valence-corrected chi connectivity index (χ3v) is 4.81. The molecule has 25 heavy (non-hydrogen) atoms. The lowest BCUT2D eigenvalue weighted by Gasteiger charge is -2.06. The van der Waals surface area contributed by atoms with E-state index in [9.17, 15) is 9.59 Å². The third-order valence-electron chi connectivity index (χ3n) is 4.81. The maximum atomic E-state index is 12.8. The summed E-state index contributed by atoms with van der Waals surface area (Å²) in [5.74, 6) is -0.111. The number of hydrogen-bond donors (Lipinski definition) is 1. The third kappa shape index (κ3) is 2.95. The van der Waals surface area contributed by atoms with E-state index in [1.165, 1.54) is 0 Å². The van der Waals surface area contributed by atoms with E-state index in [1.807, 2.05) is 61.5 Å². The van der Waals surface area contributed by atoms with Gasteiger partial charge in [0.1, 0.15) is 0 Å². The van der Waals surface area contributed by atoms with Crippen molar-refractivity contribution in [2.45, 2.75) is 13.3 Å². The molecule has 2 atom stereocenters. The highest BCUT2D eigenvalue weighted by atomic mass is 16.5. The first-order valence-corrected chi connectivity index (χ1v) is 8.51. The fourth-order valence-electron chi connectivity index (χ4n) is 3.22. The lowest BCUT2D eigenvalue weighted by Crippen LogP contribution is -2.16. The Hall–Kier alpha value is -2.88. The Morgan fingerprint density at radius 3 is 2.48 bits per heavy atom. The SMILES string of the molecule is C[C@H]1C[C@@H]1C(=O)OCC(=O)c1c(-c2ccccc2)[nH]c2ccccc12. The minimum Gasteiger partial charge on any atom is -0.457 e. The van der Waals surface area contributed by atoms with E-state index in [0.717, 1.165) is 28.6 Å². The predicted molar refractivity (Wildman–Crippen MR) is 96.3 cm³/mol. The van der Waals surface area contributed by atoms with E-state index in [4.69, 9.17) is 4.74 Å². The number of ketones is 1. The smallest absolute Gasteiger partial charge is 0.309 e. The van der Waals surface area contributed by atoms with Crippen LogP contribution in [0.3, 0.4) is 0 Å². The van der Waals surface area contributed by atoms with Crippen LogP contribution in [0.1, 0.15) is 23.7 Å². The van der Waals surface area contributed by atoms with Gasteiger partial charge in [-0.25, -0.2) is 0 Å². The van der Waals surface area contributed by atoms with E-state index in [0.29, 0.717) is 11.5 Å². The van der Waals surface area contributed by atoms with Gasteiger partial charge >= 0.3 is 5.97 Å². The fraction of sp³-hybridized carbons (Fsp3) is 0.238. The summed E-state index contributed by atoms with van der Waals surface area (Å²) in [6.45, 7) is 1.80. The van der Waals surface area contributed by atoms with Gasteiger partial charge in [0.25, 0.3) is 0 Å². The minimum atomic E-state index is -0.262. The van der Waals surface area contributed by atoms with Gasteiger partial charge in [-0.2, -0.15) is 0 Å². The lowest BCUT2D eigenvalue weighted by molar-refractivity contribution is -0.144. The van der Waals surface area contributed by atoms with Crippen molar-refractivity contribution in [1.82, 2.24) is 4.98 Å². The molecule has 1 aliphatic carbocycles. The van der Waals surface area contributed by atoms with E-state index in [-0.39, 0.29) is 24.3 Å². The summed E-state index contributed by atoms with van der Waals surface area (Å²) < 4.78 is 5.26. The first-order valence-electron chi connectivity index (χ1n) is 8.51. The van der Waals surface area contributed by atoms with E-state index >= 15 is 0 Å². The Balaban J connectivity index is 1.67. The molecule has 4 rings (SSSR count). The van der Waals surface area contributed by atoms with Gasteiger partial charge in [-0.3, -0.25) is 9.59 Å². The first-order chi connectivity index (χ1) is 12.1. The van der Waals surface area contributed by atoms with Gasteiger partial charge in [-0.1, -0.05) is 55.5 Å². The molecule has 1 aromatic heterocycles. The molecule has 4 nitrogen and oxygen atoms in total. The van der Waals surface area contributed by atoms with Crippen LogP contribution < -0.4 is 0 Å². The topological polar surface area (TPSA) is 59.2 Å². The van der Waals surface area contributed by atoms with Gasteiger partial charge in [-0.15, -0.1) is 0 Å². The highest BCUT2D eigenvalue weighted by Crippen LogP contribution is 2.38. The molecule has 1 fully saturated rings. The Bertz CT molecular complexity index is 942. The maximum Gasteiger partial charge on any atom is 0.309 e. The van der Waals surface area contributed by atoms with E-state index < -0.39 is 0 Å². The fourth-order valence-corrected chi connectivity index (χ4v) is 3.22. The van der Waals surface area contributed by atoms with Crippen molar-refractivity contribution in [2.24, 2.45) is 11.8 Å². The van der Waals surface area contributed by atoms with Crippen LogP contribution in [0.4, 0.5) is 0 Å². The molecular weight excluding hydrogens is 314 g/mol. The number of hydrogen-bond acceptors (Lipinski definition) is 3. The van der Waals surface area contributed by atoms with Crippen LogP contribution in [0.25, 0.3) is 22.2 Å². The number of carbonyl (C=O) groups is 2. The largest absolute Gasteiger partial charge is 0.457 e. The highest BCUT2D eigenvalue weighted by Gasteiger charge is 2.40. The van der Waals surface area contributed by atoms with Crippen LogP contribution in [0.2, 0.25) is 0 Å². The Kier molecular flexibility index (Phi) is 3.88. The predicted octanol–water partition coefficient (Wildman–Crippen LogP) is 4.22. The highest BCUT2D eigenvalue weighted by molar-refractivity contribution is 6.14. The molecule has 126 valence electrons. The molecule has 1 saturated carbocycles. The van der Waals surface area contributed by atoms with Crippen molar-refractivity contribution < 1.29 is 14.3 Å². The number of H-pyrrole nitrogens is 1. The molecular formula is C21H19NO3. The Morgan fingerprint density at radius 2 is 1.76 bits per heavy atom. The van der Waals surface area contributed by atoms with E-state index in [1.54, 1.807) is 0 Å². The van der Waals surface area contributed by atoms with Crippen molar-refractivity contribution in [3.63, 3.8) is 0 Å². The minimum absolute atomic E-state index is 0.0376. The lowest BCUT2D eigenvalue weighted by atomic mass is 10.0. The van der Waals surface area contributed by atoms with Crippen LogP contribution in [-0.2, 0) is 9.53 Å². The molecule has 0 aliphatic heterocycles. The molecule has 0 spiro atoms. The van der Waals surface area contributed by atoms with Crippen LogP contribution in [0, 0.1) is 11.8 Å². The molecule has 1 heterocycles. The summed E-state index contributed by atoms with van der Waals surface area (Å²) in [4.78, 5) is 28.1. The number of aromatic nitrogens is 1. The average Bonchev–Trinajstić information content (AvgIpc) is 3.25. The van der Waals surface area contributed by atoms with Crippen LogP contribution in [0.5, 0.6) is 0 Å². The number of benzene rings is 2. The quantitative estimate of drug-likeness (QED) is 0.562. The summed E-state index contributed by atoms with van der Waals surface area (Å²) in [7, 11) is 0. The second-order valence-corrected chi connectivity index (χ2v) is 6.64. The standard InChI is InChI=1S/C21H19NO3/c1-13-11-16(13)21(24)25-12-18(23)19-15-9-5-6-10-17(15)22-20(19)14-7-3-2-4-8-14/h2-10,13,16,22H,11-12H2,1H3/t13-,16-/m0/s1. The normalized spacial score (nSPS) is 18.9. The number of ether oxygens (including phenoxy) is 1. The number of rotatable bonds is 5. The molecule has 0 saturated heterocycles.